The van der Waals surface area contributed by atoms with Gasteiger partial charge < -0.3 is 10.3 Å². The van der Waals surface area contributed by atoms with E-state index < -0.39 is 0 Å². The fourth-order valence-electron chi connectivity index (χ4n) is 2.73. The van der Waals surface area contributed by atoms with Gasteiger partial charge in [-0.3, -0.25) is 0 Å². The Hall–Kier alpha value is -2.22. The summed E-state index contributed by atoms with van der Waals surface area (Å²) in [5, 5.41) is 1.23. The first kappa shape index (κ1) is 12.8. The SMILES string of the molecule is Nc1cccc2ccn(CCCCc3ccccc3)c12. The van der Waals surface area contributed by atoms with E-state index in [4.69, 9.17) is 5.73 Å². The van der Waals surface area contributed by atoms with E-state index in [-0.39, 0.29) is 0 Å². The highest BCUT2D eigenvalue weighted by Crippen LogP contribution is 2.22. The average molecular weight is 264 g/mol. The molecule has 0 aliphatic carbocycles. The van der Waals surface area contributed by atoms with Crippen molar-refractivity contribution >= 4 is 16.6 Å². The largest absolute Gasteiger partial charge is 0.397 e. The number of fused-ring (bicyclic) bond motifs is 1. The zero-order valence-electron chi connectivity index (χ0n) is 11.6. The predicted molar refractivity (Wildman–Crippen MR) is 85.7 cm³/mol. The first-order chi connectivity index (χ1) is 9.84. The van der Waals surface area contributed by atoms with Crippen LogP contribution in [0.4, 0.5) is 5.69 Å². The number of rotatable bonds is 5. The van der Waals surface area contributed by atoms with Gasteiger partial charge in [0, 0.05) is 18.1 Å². The summed E-state index contributed by atoms with van der Waals surface area (Å²) in [6.45, 7) is 1.03. The fourth-order valence-corrected chi connectivity index (χ4v) is 2.73. The van der Waals surface area contributed by atoms with E-state index >= 15 is 0 Å². The Labute approximate surface area is 119 Å². The molecule has 0 fully saturated rings. The van der Waals surface area contributed by atoms with Crippen molar-refractivity contribution in [2.24, 2.45) is 0 Å². The molecule has 0 unspecified atom stereocenters. The summed E-state index contributed by atoms with van der Waals surface area (Å²) < 4.78 is 2.27. The van der Waals surface area contributed by atoms with E-state index in [0.29, 0.717) is 0 Å². The number of anilines is 1. The lowest BCUT2D eigenvalue weighted by molar-refractivity contribution is 0.624. The number of aryl methyl sites for hydroxylation is 2. The molecule has 0 spiro atoms. The van der Waals surface area contributed by atoms with Gasteiger partial charge in [-0.1, -0.05) is 42.5 Å². The van der Waals surface area contributed by atoms with E-state index in [1.807, 2.05) is 12.1 Å². The second-order valence-corrected chi connectivity index (χ2v) is 5.24. The lowest BCUT2D eigenvalue weighted by Crippen LogP contribution is -1.99. The lowest BCUT2D eigenvalue weighted by atomic mass is 10.1. The van der Waals surface area contributed by atoms with Crippen LogP contribution in [0, 0.1) is 0 Å². The summed E-state index contributed by atoms with van der Waals surface area (Å²) in [6.07, 6.45) is 5.67. The van der Waals surface area contributed by atoms with Crippen molar-refractivity contribution in [1.82, 2.24) is 4.57 Å². The van der Waals surface area contributed by atoms with Gasteiger partial charge in [0.15, 0.2) is 0 Å². The summed E-state index contributed by atoms with van der Waals surface area (Å²) in [6, 6.07) is 18.9. The predicted octanol–water partition coefficient (Wildman–Crippen LogP) is 4.25. The zero-order valence-corrected chi connectivity index (χ0v) is 11.6. The van der Waals surface area contributed by atoms with E-state index in [1.54, 1.807) is 0 Å². The summed E-state index contributed by atoms with van der Waals surface area (Å²) in [7, 11) is 0. The van der Waals surface area contributed by atoms with Gasteiger partial charge in [-0.25, -0.2) is 0 Å². The Morgan fingerprint density at radius 2 is 1.70 bits per heavy atom. The van der Waals surface area contributed by atoms with Crippen LogP contribution in [0.15, 0.2) is 60.8 Å². The van der Waals surface area contributed by atoms with Crippen LogP contribution in [0.3, 0.4) is 0 Å². The Morgan fingerprint density at radius 3 is 2.55 bits per heavy atom. The molecule has 0 amide bonds. The molecule has 102 valence electrons. The molecule has 2 nitrogen and oxygen atoms in total. The van der Waals surface area contributed by atoms with Gasteiger partial charge in [-0.15, -0.1) is 0 Å². The normalized spacial score (nSPS) is 11.0. The Morgan fingerprint density at radius 1 is 0.850 bits per heavy atom. The molecule has 0 saturated carbocycles. The average Bonchev–Trinajstić information content (AvgIpc) is 2.89. The van der Waals surface area contributed by atoms with Crippen molar-refractivity contribution in [3.63, 3.8) is 0 Å². The summed E-state index contributed by atoms with van der Waals surface area (Å²) in [4.78, 5) is 0. The van der Waals surface area contributed by atoms with Gasteiger partial charge in [0.25, 0.3) is 0 Å². The van der Waals surface area contributed by atoms with Crippen molar-refractivity contribution < 1.29 is 0 Å². The molecule has 2 heteroatoms. The number of aromatic nitrogens is 1. The highest BCUT2D eigenvalue weighted by Gasteiger charge is 2.03. The number of nitrogen functional groups attached to an aromatic ring is 1. The molecule has 2 aromatic carbocycles. The number of nitrogens with two attached hydrogens (primary N) is 1. The van der Waals surface area contributed by atoms with Gasteiger partial charge in [0.2, 0.25) is 0 Å². The third-order valence-electron chi connectivity index (χ3n) is 3.78. The summed E-state index contributed by atoms with van der Waals surface area (Å²) in [5.41, 5.74) is 9.54. The maximum Gasteiger partial charge on any atom is 0.0713 e. The van der Waals surface area contributed by atoms with Crippen LogP contribution in [-0.2, 0) is 13.0 Å². The Bertz CT molecular complexity index is 683. The quantitative estimate of drug-likeness (QED) is 0.542. The topological polar surface area (TPSA) is 30.9 Å². The molecule has 1 aromatic heterocycles. The molecule has 0 bridgehead atoms. The second kappa shape index (κ2) is 5.83. The zero-order chi connectivity index (χ0) is 13.8. The van der Waals surface area contributed by atoms with E-state index in [9.17, 15) is 0 Å². The van der Waals surface area contributed by atoms with Crippen molar-refractivity contribution in [2.45, 2.75) is 25.8 Å². The van der Waals surface area contributed by atoms with Gasteiger partial charge in [0.1, 0.15) is 0 Å². The van der Waals surface area contributed by atoms with Crippen LogP contribution < -0.4 is 5.73 Å². The number of hydrogen-bond acceptors (Lipinski definition) is 1. The molecule has 1 heterocycles. The lowest BCUT2D eigenvalue weighted by Gasteiger charge is -2.07. The molecule has 20 heavy (non-hydrogen) atoms. The first-order valence-electron chi connectivity index (χ1n) is 7.22. The van der Waals surface area contributed by atoms with E-state index in [1.165, 1.54) is 29.3 Å². The van der Waals surface area contributed by atoms with Crippen LogP contribution in [0.5, 0.6) is 0 Å². The molecule has 0 radical (unpaired) electrons. The molecule has 3 rings (SSSR count). The van der Waals surface area contributed by atoms with Crippen molar-refractivity contribution in [2.75, 3.05) is 5.73 Å². The number of nitrogens with zero attached hydrogens (tertiary/aromatic N) is 1. The number of hydrogen-bond donors (Lipinski definition) is 1. The third kappa shape index (κ3) is 2.69. The van der Waals surface area contributed by atoms with Crippen LogP contribution in [0.1, 0.15) is 18.4 Å². The highest BCUT2D eigenvalue weighted by molar-refractivity contribution is 5.90. The fraction of sp³-hybridized carbons (Fsp3) is 0.222. The van der Waals surface area contributed by atoms with Crippen LogP contribution >= 0.6 is 0 Å². The summed E-state index contributed by atoms with van der Waals surface area (Å²) >= 11 is 0. The van der Waals surface area contributed by atoms with E-state index in [0.717, 1.165) is 18.7 Å². The minimum Gasteiger partial charge on any atom is -0.397 e. The monoisotopic (exact) mass is 264 g/mol. The molecular formula is C18H20N2. The summed E-state index contributed by atoms with van der Waals surface area (Å²) in [5.74, 6) is 0. The molecule has 0 atom stereocenters. The van der Waals surface area contributed by atoms with Crippen LogP contribution in [0.25, 0.3) is 10.9 Å². The molecule has 0 saturated heterocycles. The van der Waals surface area contributed by atoms with Crippen molar-refractivity contribution in [3.8, 4) is 0 Å². The minimum atomic E-state index is 0.871. The molecule has 0 aliphatic rings. The highest BCUT2D eigenvalue weighted by atomic mass is 15.0. The first-order valence-corrected chi connectivity index (χ1v) is 7.22. The van der Waals surface area contributed by atoms with Crippen molar-refractivity contribution in [3.05, 3.63) is 66.4 Å². The van der Waals surface area contributed by atoms with E-state index in [2.05, 4.69) is 53.2 Å². The minimum absolute atomic E-state index is 0.871. The maximum atomic E-state index is 6.08. The smallest absolute Gasteiger partial charge is 0.0713 e. The van der Waals surface area contributed by atoms with Gasteiger partial charge >= 0.3 is 0 Å². The number of unbranched alkanes of at least 4 members (excludes halogenated alkanes) is 1. The molecular weight excluding hydrogens is 244 g/mol. The maximum absolute atomic E-state index is 6.08. The second-order valence-electron chi connectivity index (χ2n) is 5.24. The molecule has 2 N–H and O–H groups in total. The van der Waals surface area contributed by atoms with Crippen LogP contribution in [0.2, 0.25) is 0 Å². The van der Waals surface area contributed by atoms with Gasteiger partial charge in [-0.05, 0) is 37.0 Å². The third-order valence-corrected chi connectivity index (χ3v) is 3.78. The van der Waals surface area contributed by atoms with Crippen LogP contribution in [-0.4, -0.2) is 4.57 Å². The van der Waals surface area contributed by atoms with Gasteiger partial charge in [-0.2, -0.15) is 0 Å². The molecule has 0 aliphatic heterocycles. The Kier molecular flexibility index (Phi) is 3.73. The number of para-hydroxylation sites is 1. The van der Waals surface area contributed by atoms with Crippen molar-refractivity contribution in [1.29, 1.82) is 0 Å². The number of benzene rings is 2. The molecule has 3 aromatic rings. The standard InChI is InChI=1S/C18H20N2/c19-17-11-6-10-16-12-14-20(18(16)17)13-5-4-9-15-7-2-1-3-8-15/h1-3,6-8,10-12,14H,4-5,9,13,19H2. The Balaban J connectivity index is 1.60. The van der Waals surface area contributed by atoms with Gasteiger partial charge in [0.05, 0.1) is 11.2 Å².